The van der Waals surface area contributed by atoms with Gasteiger partial charge in [-0.3, -0.25) is 0 Å². The number of hydrogen-bond acceptors (Lipinski definition) is 0. The van der Waals surface area contributed by atoms with E-state index in [1.807, 2.05) is 36.4 Å². The minimum absolute atomic E-state index is 0. The van der Waals surface area contributed by atoms with Gasteiger partial charge >= 0.3 is 0 Å². The Kier molecular flexibility index (Phi) is 42.7. The average molecular weight is 689 g/mol. The van der Waals surface area contributed by atoms with Crippen LogP contribution in [0.3, 0.4) is 0 Å². The van der Waals surface area contributed by atoms with Crippen molar-refractivity contribution >= 4 is 0 Å². The Labute approximate surface area is 245 Å². The van der Waals surface area contributed by atoms with Gasteiger partial charge in [0.05, 0.1) is 0 Å². The van der Waals surface area contributed by atoms with E-state index in [1.165, 1.54) is 24.0 Å². The number of aryl methyl sites for hydroxylation is 2. The summed E-state index contributed by atoms with van der Waals surface area (Å²) in [6.07, 6.45) is 22.6. The maximum Gasteiger partial charge on any atom is 0 e. The van der Waals surface area contributed by atoms with E-state index in [2.05, 4.69) is 114 Å². The molecule has 1 radical (unpaired) electrons. The predicted octanol–water partition coefficient (Wildman–Crippen LogP) is 9.68. The largest absolute Gasteiger partial charge is 0.184 e. The van der Waals surface area contributed by atoms with E-state index >= 15 is 0 Å². The van der Waals surface area contributed by atoms with E-state index in [0.717, 1.165) is 19.3 Å². The Morgan fingerprint density at radius 3 is 1.06 bits per heavy atom. The number of allylic oxidation sites excluding steroid dienone is 8. The van der Waals surface area contributed by atoms with E-state index in [4.69, 9.17) is 0 Å². The Morgan fingerprint density at radius 1 is 0.606 bits per heavy atom. The van der Waals surface area contributed by atoms with E-state index < -0.39 is 0 Å². The molecule has 0 atom stereocenters. The Hall–Kier alpha value is -0.808. The van der Waals surface area contributed by atoms with Gasteiger partial charge in [0.15, 0.2) is 0 Å². The van der Waals surface area contributed by atoms with Gasteiger partial charge in [-0.15, -0.1) is 0 Å². The number of hydrogen-bond donors (Lipinski definition) is 0. The molecule has 0 amide bonds. The van der Waals surface area contributed by atoms with Crippen LogP contribution in [0.15, 0.2) is 97.1 Å². The van der Waals surface area contributed by atoms with Gasteiger partial charge in [-0.2, -0.15) is 71.8 Å². The van der Waals surface area contributed by atoms with E-state index in [0.29, 0.717) is 0 Å². The molecule has 0 fully saturated rings. The third-order valence-corrected chi connectivity index (χ3v) is 3.39. The molecule has 0 N–H and O–H groups in total. The summed E-state index contributed by atoms with van der Waals surface area (Å²) < 4.78 is 0. The average Bonchev–Trinajstić information content (AvgIpc) is 3.56. The molecule has 0 spiro atoms. The molecule has 0 aromatic heterocycles. The van der Waals surface area contributed by atoms with Gasteiger partial charge in [-0.1, -0.05) is 109 Å². The summed E-state index contributed by atoms with van der Waals surface area (Å²) in [7, 11) is 0. The van der Waals surface area contributed by atoms with Gasteiger partial charge < -0.3 is 0 Å². The van der Waals surface area contributed by atoms with Crippen LogP contribution in [0.4, 0.5) is 0 Å². The molecular formula is C31H44WY-2. The third kappa shape index (κ3) is 35.9. The molecule has 33 heavy (non-hydrogen) atoms. The molecule has 0 saturated heterocycles. The molecule has 0 saturated carbocycles. The van der Waals surface area contributed by atoms with Crippen molar-refractivity contribution in [3.8, 4) is 0 Å². The topological polar surface area (TPSA) is 0 Å². The van der Waals surface area contributed by atoms with E-state index in [-0.39, 0.29) is 53.8 Å². The maximum atomic E-state index is 2.97. The standard InChI is InChI=1S/C8H9.C7H7.2C5H6.2C3H8.W.Y/c1-2-8-6-4-3-5-7-8;1-7-5-3-2-4-6-7;2*1-2-4-5-3-1;2*1-3-2;;/h4-7H,2H2,1H3;3-6H,1H3;2*1-4H,5H2;2*3H2,1-2H3;;/q2*-1;;;;;;. The fourth-order valence-corrected chi connectivity index (χ4v) is 1.91. The molecule has 2 aliphatic carbocycles. The van der Waals surface area contributed by atoms with Crippen molar-refractivity contribution in [2.75, 3.05) is 0 Å². The summed E-state index contributed by atoms with van der Waals surface area (Å²) >= 11 is 0. The van der Waals surface area contributed by atoms with E-state index in [9.17, 15) is 0 Å². The van der Waals surface area contributed by atoms with Crippen molar-refractivity contribution in [3.05, 3.63) is 120 Å². The van der Waals surface area contributed by atoms with Gasteiger partial charge in [0, 0.05) is 53.8 Å². The number of benzene rings is 2. The molecular weight excluding hydrogens is 645 g/mol. The van der Waals surface area contributed by atoms with Crippen molar-refractivity contribution in [3.63, 3.8) is 0 Å². The van der Waals surface area contributed by atoms with Crippen LogP contribution in [-0.2, 0) is 60.2 Å². The smallest absolute Gasteiger partial charge is 0 e. The molecule has 0 aliphatic heterocycles. The minimum Gasteiger partial charge on any atom is -0.184 e. The second-order valence-electron chi connectivity index (χ2n) is 6.94. The van der Waals surface area contributed by atoms with Gasteiger partial charge in [0.25, 0.3) is 0 Å². The zero-order valence-corrected chi connectivity index (χ0v) is 27.5. The van der Waals surface area contributed by atoms with Gasteiger partial charge in [0.2, 0.25) is 0 Å². The first kappa shape index (κ1) is 39.4. The number of rotatable bonds is 1. The normalized spacial score (nSPS) is 10.5. The first-order chi connectivity index (χ1) is 15.2. The van der Waals surface area contributed by atoms with Crippen molar-refractivity contribution < 1.29 is 53.8 Å². The summed E-state index contributed by atoms with van der Waals surface area (Å²) in [5.74, 6) is 0. The molecule has 2 heteroatoms. The summed E-state index contributed by atoms with van der Waals surface area (Å²) in [6.45, 7) is 12.7. The first-order valence-electron chi connectivity index (χ1n) is 11.7. The minimum atomic E-state index is 0. The molecule has 0 nitrogen and oxygen atoms in total. The zero-order chi connectivity index (χ0) is 23.4. The summed E-state index contributed by atoms with van der Waals surface area (Å²) in [6, 6.07) is 21.8. The van der Waals surface area contributed by atoms with Crippen LogP contribution in [0.1, 0.15) is 71.4 Å². The van der Waals surface area contributed by atoms with Crippen LogP contribution in [0, 0.1) is 19.1 Å². The summed E-state index contributed by atoms with van der Waals surface area (Å²) in [5, 5.41) is 0. The Morgan fingerprint density at radius 2 is 0.909 bits per heavy atom. The Bertz CT molecular complexity index is 641. The zero-order valence-electron chi connectivity index (χ0n) is 21.8. The van der Waals surface area contributed by atoms with Gasteiger partial charge in [-0.05, 0) is 12.8 Å². The monoisotopic (exact) mass is 689 g/mol. The molecule has 2 aromatic carbocycles. The first-order valence-corrected chi connectivity index (χ1v) is 11.7. The fraction of sp³-hybridized carbons (Fsp3) is 0.355. The predicted molar refractivity (Wildman–Crippen MR) is 142 cm³/mol. The van der Waals surface area contributed by atoms with E-state index in [1.54, 1.807) is 0 Å². The van der Waals surface area contributed by atoms with Crippen LogP contribution < -0.4 is 0 Å². The molecule has 4 rings (SSSR count). The summed E-state index contributed by atoms with van der Waals surface area (Å²) in [5.41, 5.74) is 2.67. The molecule has 0 bridgehead atoms. The van der Waals surface area contributed by atoms with Crippen LogP contribution in [0.2, 0.25) is 0 Å². The van der Waals surface area contributed by atoms with Crippen LogP contribution in [-0.4, -0.2) is 0 Å². The third-order valence-electron chi connectivity index (χ3n) is 3.39. The molecule has 179 valence electrons. The van der Waals surface area contributed by atoms with Crippen molar-refractivity contribution in [1.82, 2.24) is 0 Å². The molecule has 0 heterocycles. The molecule has 2 aliphatic rings. The molecule has 2 aromatic rings. The quantitative estimate of drug-likeness (QED) is 0.262. The van der Waals surface area contributed by atoms with Gasteiger partial charge in [0.1, 0.15) is 0 Å². The van der Waals surface area contributed by atoms with Crippen molar-refractivity contribution in [2.24, 2.45) is 0 Å². The van der Waals surface area contributed by atoms with Crippen molar-refractivity contribution in [1.29, 1.82) is 0 Å². The second-order valence-corrected chi connectivity index (χ2v) is 6.94. The van der Waals surface area contributed by atoms with Crippen LogP contribution in [0.25, 0.3) is 0 Å². The Balaban J connectivity index is -0.000000157. The van der Waals surface area contributed by atoms with Crippen LogP contribution in [0.5, 0.6) is 0 Å². The SMILES string of the molecule is C1=CCC=C1.C1=CCC=C1.CCC.CCC.CCc1cc[c-]cc1.Cc1cc[c-]cc1.[W].[Y]. The van der Waals surface area contributed by atoms with Crippen LogP contribution >= 0.6 is 0 Å². The summed E-state index contributed by atoms with van der Waals surface area (Å²) in [4.78, 5) is 0. The maximum absolute atomic E-state index is 2.97. The second kappa shape index (κ2) is 35.8. The molecule has 0 unspecified atom stereocenters. The van der Waals surface area contributed by atoms with Gasteiger partial charge in [-0.25, -0.2) is 0 Å². The fourth-order valence-electron chi connectivity index (χ4n) is 1.91. The van der Waals surface area contributed by atoms with Crippen molar-refractivity contribution in [2.45, 2.75) is 73.6 Å².